The first-order valence-corrected chi connectivity index (χ1v) is 8.03. The largest absolute Gasteiger partial charge is 0.472 e. The molecule has 1 N–H and O–H groups in total. The predicted molar refractivity (Wildman–Crippen MR) is 79.9 cm³/mol. The Hall–Kier alpha value is -1.55. The maximum atomic E-state index is 12.7. The number of carbonyl (C=O) groups excluding carboxylic acids is 1. The molecule has 1 aliphatic carbocycles. The highest BCUT2D eigenvalue weighted by Gasteiger charge is 2.43. The number of nitrogens with one attached hydrogen (secondary N) is 1. The van der Waals surface area contributed by atoms with Crippen LogP contribution in [-0.2, 0) is 16.6 Å². The average Bonchev–Trinajstić information content (AvgIpc) is 3.20. The molecule has 2 aromatic heterocycles. The van der Waals surface area contributed by atoms with Crippen molar-refractivity contribution >= 4 is 17.2 Å². The van der Waals surface area contributed by atoms with Gasteiger partial charge in [0.1, 0.15) is 0 Å². The normalized spacial score (nSPS) is 17.2. The van der Waals surface area contributed by atoms with E-state index < -0.39 is 0 Å². The van der Waals surface area contributed by atoms with Gasteiger partial charge in [-0.1, -0.05) is 18.9 Å². The SMILES string of the molecule is O=C(NCCc1ccoc1)C1(c2cccs2)CCCC1. The molecular weight excluding hydrogens is 270 g/mol. The Morgan fingerprint density at radius 3 is 2.85 bits per heavy atom. The maximum absolute atomic E-state index is 12.7. The molecule has 1 fully saturated rings. The molecule has 0 aliphatic heterocycles. The molecule has 1 aliphatic rings. The summed E-state index contributed by atoms with van der Waals surface area (Å²) in [6.07, 6.45) is 8.47. The zero-order valence-electron chi connectivity index (χ0n) is 11.4. The lowest BCUT2D eigenvalue weighted by Crippen LogP contribution is -2.42. The predicted octanol–water partition coefficient (Wildman–Crippen LogP) is 3.51. The lowest BCUT2D eigenvalue weighted by atomic mass is 9.83. The van der Waals surface area contributed by atoms with Crippen molar-refractivity contribution in [1.29, 1.82) is 0 Å². The van der Waals surface area contributed by atoms with Gasteiger partial charge in [-0.05, 0) is 42.3 Å². The van der Waals surface area contributed by atoms with Crippen molar-refractivity contribution in [3.8, 4) is 0 Å². The van der Waals surface area contributed by atoms with E-state index in [1.807, 2.05) is 12.1 Å². The Bertz CT molecular complexity index is 539. The third-order valence-electron chi connectivity index (χ3n) is 4.16. The zero-order valence-corrected chi connectivity index (χ0v) is 12.2. The van der Waals surface area contributed by atoms with Crippen LogP contribution in [0.3, 0.4) is 0 Å². The second-order valence-electron chi connectivity index (χ2n) is 5.40. The Kier molecular flexibility index (Phi) is 3.92. The summed E-state index contributed by atoms with van der Waals surface area (Å²) < 4.78 is 5.04. The van der Waals surface area contributed by atoms with Crippen LogP contribution in [-0.4, -0.2) is 12.5 Å². The fourth-order valence-corrected chi connectivity index (χ4v) is 4.02. The summed E-state index contributed by atoms with van der Waals surface area (Å²) in [5, 5.41) is 5.18. The zero-order chi connectivity index (χ0) is 13.8. The van der Waals surface area contributed by atoms with E-state index in [2.05, 4.69) is 16.8 Å². The summed E-state index contributed by atoms with van der Waals surface area (Å²) in [4.78, 5) is 13.9. The number of carbonyl (C=O) groups is 1. The van der Waals surface area contributed by atoms with E-state index in [4.69, 9.17) is 4.42 Å². The molecule has 3 rings (SSSR count). The average molecular weight is 289 g/mol. The van der Waals surface area contributed by atoms with E-state index in [0.717, 1.165) is 37.7 Å². The van der Waals surface area contributed by atoms with E-state index >= 15 is 0 Å². The molecular formula is C16H19NO2S. The Morgan fingerprint density at radius 1 is 1.35 bits per heavy atom. The van der Waals surface area contributed by atoms with Gasteiger partial charge >= 0.3 is 0 Å². The molecule has 1 saturated carbocycles. The summed E-state index contributed by atoms with van der Waals surface area (Å²) >= 11 is 1.70. The van der Waals surface area contributed by atoms with Crippen molar-refractivity contribution in [2.24, 2.45) is 0 Å². The molecule has 0 bridgehead atoms. The lowest BCUT2D eigenvalue weighted by molar-refractivity contribution is -0.126. The number of hydrogen-bond donors (Lipinski definition) is 1. The monoisotopic (exact) mass is 289 g/mol. The number of furan rings is 1. The van der Waals surface area contributed by atoms with Gasteiger partial charge in [-0.2, -0.15) is 0 Å². The van der Waals surface area contributed by atoms with Crippen LogP contribution < -0.4 is 5.32 Å². The summed E-state index contributed by atoms with van der Waals surface area (Å²) in [6, 6.07) is 6.08. The summed E-state index contributed by atoms with van der Waals surface area (Å²) in [7, 11) is 0. The first kappa shape index (κ1) is 13.4. The number of thiophene rings is 1. The van der Waals surface area contributed by atoms with Gasteiger partial charge in [0.2, 0.25) is 5.91 Å². The first-order valence-electron chi connectivity index (χ1n) is 7.15. The minimum absolute atomic E-state index is 0.195. The number of hydrogen-bond acceptors (Lipinski definition) is 3. The topological polar surface area (TPSA) is 42.2 Å². The van der Waals surface area contributed by atoms with Gasteiger partial charge in [0.15, 0.2) is 0 Å². The van der Waals surface area contributed by atoms with Crippen LogP contribution in [0.1, 0.15) is 36.1 Å². The van der Waals surface area contributed by atoms with Crippen molar-refractivity contribution < 1.29 is 9.21 Å². The molecule has 3 nitrogen and oxygen atoms in total. The van der Waals surface area contributed by atoms with E-state index in [1.54, 1.807) is 23.9 Å². The maximum Gasteiger partial charge on any atom is 0.231 e. The van der Waals surface area contributed by atoms with Crippen LogP contribution in [0.2, 0.25) is 0 Å². The van der Waals surface area contributed by atoms with Gasteiger partial charge in [-0.25, -0.2) is 0 Å². The number of rotatable bonds is 5. The van der Waals surface area contributed by atoms with Crippen molar-refractivity contribution in [3.05, 3.63) is 46.5 Å². The molecule has 0 unspecified atom stereocenters. The van der Waals surface area contributed by atoms with Gasteiger partial charge < -0.3 is 9.73 Å². The standard InChI is InChI=1S/C16H19NO2S/c18-15(17-9-5-13-6-10-19-12-13)16(7-1-2-8-16)14-4-3-11-20-14/h3-4,6,10-12H,1-2,5,7-9H2,(H,17,18). The molecule has 106 valence electrons. The van der Waals surface area contributed by atoms with Gasteiger partial charge in [0.05, 0.1) is 17.9 Å². The Labute approximate surface area is 123 Å². The van der Waals surface area contributed by atoms with Gasteiger partial charge in [0, 0.05) is 11.4 Å². The summed E-state index contributed by atoms with van der Waals surface area (Å²) in [5.74, 6) is 0.195. The van der Waals surface area contributed by atoms with Crippen molar-refractivity contribution in [3.63, 3.8) is 0 Å². The summed E-state index contributed by atoms with van der Waals surface area (Å²) in [5.41, 5.74) is 0.854. The fourth-order valence-electron chi connectivity index (χ4n) is 3.04. The molecule has 2 heterocycles. The van der Waals surface area contributed by atoms with Crippen LogP contribution >= 0.6 is 11.3 Å². The Balaban J connectivity index is 1.64. The Morgan fingerprint density at radius 2 is 2.20 bits per heavy atom. The fraction of sp³-hybridized carbons (Fsp3) is 0.438. The second-order valence-corrected chi connectivity index (χ2v) is 6.35. The highest BCUT2D eigenvalue weighted by atomic mass is 32.1. The molecule has 2 aromatic rings. The smallest absolute Gasteiger partial charge is 0.231 e. The lowest BCUT2D eigenvalue weighted by Gasteiger charge is -2.26. The minimum atomic E-state index is -0.273. The number of amides is 1. The minimum Gasteiger partial charge on any atom is -0.472 e. The molecule has 4 heteroatoms. The van der Waals surface area contributed by atoms with E-state index in [0.29, 0.717) is 6.54 Å². The van der Waals surface area contributed by atoms with Gasteiger partial charge in [0.25, 0.3) is 0 Å². The van der Waals surface area contributed by atoms with E-state index in [9.17, 15) is 4.79 Å². The van der Waals surface area contributed by atoms with Crippen LogP contribution in [0.5, 0.6) is 0 Å². The van der Waals surface area contributed by atoms with Crippen molar-refractivity contribution in [2.45, 2.75) is 37.5 Å². The molecule has 0 radical (unpaired) electrons. The third-order valence-corrected chi connectivity index (χ3v) is 5.24. The van der Waals surface area contributed by atoms with Crippen LogP contribution in [0.25, 0.3) is 0 Å². The van der Waals surface area contributed by atoms with Crippen LogP contribution in [0, 0.1) is 0 Å². The molecule has 0 saturated heterocycles. The molecule has 0 atom stereocenters. The quantitative estimate of drug-likeness (QED) is 0.915. The summed E-state index contributed by atoms with van der Waals surface area (Å²) in [6.45, 7) is 0.672. The molecule has 0 spiro atoms. The van der Waals surface area contributed by atoms with E-state index in [1.165, 1.54) is 4.88 Å². The highest BCUT2D eigenvalue weighted by molar-refractivity contribution is 7.10. The second kappa shape index (κ2) is 5.83. The van der Waals surface area contributed by atoms with Crippen LogP contribution in [0.15, 0.2) is 40.5 Å². The molecule has 0 aromatic carbocycles. The van der Waals surface area contributed by atoms with Crippen molar-refractivity contribution in [2.75, 3.05) is 6.54 Å². The van der Waals surface area contributed by atoms with E-state index in [-0.39, 0.29) is 11.3 Å². The van der Waals surface area contributed by atoms with Gasteiger partial charge in [-0.3, -0.25) is 4.79 Å². The highest BCUT2D eigenvalue weighted by Crippen LogP contribution is 2.43. The molecule has 20 heavy (non-hydrogen) atoms. The first-order chi connectivity index (χ1) is 9.81. The van der Waals surface area contributed by atoms with Crippen LogP contribution in [0.4, 0.5) is 0 Å². The van der Waals surface area contributed by atoms with Gasteiger partial charge in [-0.15, -0.1) is 11.3 Å². The van der Waals surface area contributed by atoms with Crippen molar-refractivity contribution in [1.82, 2.24) is 5.32 Å². The third kappa shape index (κ3) is 2.52. The molecule has 1 amide bonds.